The van der Waals surface area contributed by atoms with Gasteiger partial charge >= 0.3 is 0 Å². The topological polar surface area (TPSA) is 76.0 Å². The molecule has 2 N–H and O–H groups in total. The maximum atomic E-state index is 12.7. The summed E-state index contributed by atoms with van der Waals surface area (Å²) in [6.45, 7) is 2.51. The number of hydrogen-bond acceptors (Lipinski definition) is 4. The van der Waals surface area contributed by atoms with Crippen molar-refractivity contribution in [3.8, 4) is 16.3 Å². The highest BCUT2D eigenvalue weighted by molar-refractivity contribution is 7.13. The number of rotatable bonds is 7. The Morgan fingerprint density at radius 1 is 1.12 bits per heavy atom. The van der Waals surface area contributed by atoms with Crippen molar-refractivity contribution in [3.63, 3.8) is 0 Å². The second kappa shape index (κ2) is 8.44. The molecule has 2 heterocycles. The maximum absolute atomic E-state index is 12.7. The van der Waals surface area contributed by atoms with E-state index in [2.05, 4.69) is 15.7 Å². The van der Waals surface area contributed by atoms with E-state index in [1.807, 2.05) is 54.8 Å². The van der Waals surface area contributed by atoms with Gasteiger partial charge < -0.3 is 10.6 Å². The summed E-state index contributed by atoms with van der Waals surface area (Å²) in [4.78, 5) is 25.4. The maximum Gasteiger partial charge on any atom is 0.270 e. The number of nitrogens with one attached hydrogen (secondary N) is 2. The van der Waals surface area contributed by atoms with E-state index in [-0.39, 0.29) is 18.4 Å². The van der Waals surface area contributed by atoms with Gasteiger partial charge in [0.15, 0.2) is 0 Å². The minimum atomic E-state index is -0.337. The first kappa shape index (κ1) is 17.9. The largest absolute Gasteiger partial charge is 0.355 e. The molecule has 0 spiro atoms. The number of aromatic nitrogens is 2. The Kier molecular flexibility index (Phi) is 5.80. The lowest BCUT2D eigenvalue weighted by Gasteiger charge is -2.08. The summed E-state index contributed by atoms with van der Waals surface area (Å²) in [6.07, 6.45) is 0.852. The standard InChI is InChI=1S/C19H20N4O2S/c1-2-10-20-18(24)13-21-19(25)16-12-15(17-9-6-11-26-17)22-23(16)14-7-4-3-5-8-14/h3-9,11-12H,2,10,13H2,1H3,(H,20,24)(H,21,25). The van der Waals surface area contributed by atoms with Crippen LogP contribution in [0.4, 0.5) is 0 Å². The van der Waals surface area contributed by atoms with E-state index in [1.165, 1.54) is 0 Å². The predicted molar refractivity (Wildman–Crippen MR) is 103 cm³/mol. The zero-order chi connectivity index (χ0) is 18.4. The molecule has 26 heavy (non-hydrogen) atoms. The molecule has 0 atom stereocenters. The summed E-state index contributed by atoms with van der Waals surface area (Å²) in [5, 5.41) is 12.0. The first-order valence-corrected chi connectivity index (χ1v) is 9.31. The van der Waals surface area contributed by atoms with Crippen LogP contribution in [-0.4, -0.2) is 34.7 Å². The summed E-state index contributed by atoms with van der Waals surface area (Å²) in [7, 11) is 0. The number of carbonyl (C=O) groups is 2. The molecular formula is C19H20N4O2S. The molecule has 0 bridgehead atoms. The number of para-hydroxylation sites is 1. The number of carbonyl (C=O) groups excluding carboxylic acids is 2. The second-order valence-electron chi connectivity index (χ2n) is 5.67. The summed E-state index contributed by atoms with van der Waals surface area (Å²) < 4.78 is 1.61. The summed E-state index contributed by atoms with van der Waals surface area (Å²) in [6, 6.07) is 15.1. The molecule has 0 aliphatic rings. The van der Waals surface area contributed by atoms with Crippen molar-refractivity contribution in [1.82, 2.24) is 20.4 Å². The van der Waals surface area contributed by atoms with E-state index in [0.717, 1.165) is 22.7 Å². The highest BCUT2D eigenvalue weighted by atomic mass is 32.1. The van der Waals surface area contributed by atoms with Gasteiger partial charge in [-0.25, -0.2) is 4.68 Å². The van der Waals surface area contributed by atoms with Gasteiger partial charge in [-0.15, -0.1) is 11.3 Å². The Bertz CT molecular complexity index is 872. The molecule has 7 heteroatoms. The van der Waals surface area contributed by atoms with Crippen LogP contribution in [0.15, 0.2) is 53.9 Å². The monoisotopic (exact) mass is 368 g/mol. The molecule has 2 amide bonds. The number of hydrogen-bond donors (Lipinski definition) is 2. The molecule has 3 aromatic rings. The molecule has 1 aromatic carbocycles. The third kappa shape index (κ3) is 4.18. The molecule has 0 aliphatic heterocycles. The third-order valence-corrected chi connectivity index (χ3v) is 4.59. The minimum absolute atomic E-state index is 0.0624. The quantitative estimate of drug-likeness (QED) is 0.673. The highest BCUT2D eigenvalue weighted by Gasteiger charge is 2.18. The molecule has 0 unspecified atom stereocenters. The van der Waals surface area contributed by atoms with Crippen LogP contribution in [-0.2, 0) is 4.79 Å². The van der Waals surface area contributed by atoms with Gasteiger partial charge in [-0.2, -0.15) is 5.10 Å². The van der Waals surface area contributed by atoms with Crippen molar-refractivity contribution in [2.45, 2.75) is 13.3 Å². The second-order valence-corrected chi connectivity index (χ2v) is 6.62. The Balaban J connectivity index is 1.85. The van der Waals surface area contributed by atoms with Crippen LogP contribution < -0.4 is 10.6 Å². The Hall–Kier alpha value is -2.93. The lowest BCUT2D eigenvalue weighted by atomic mass is 10.3. The van der Waals surface area contributed by atoms with Crippen LogP contribution in [0, 0.1) is 0 Å². The Morgan fingerprint density at radius 2 is 1.92 bits per heavy atom. The van der Waals surface area contributed by atoms with Crippen LogP contribution in [0.1, 0.15) is 23.8 Å². The molecular weight excluding hydrogens is 348 g/mol. The number of nitrogens with zero attached hydrogens (tertiary/aromatic N) is 2. The fourth-order valence-electron chi connectivity index (χ4n) is 2.43. The zero-order valence-electron chi connectivity index (χ0n) is 14.4. The van der Waals surface area contributed by atoms with Gasteiger partial charge in [-0.05, 0) is 36.1 Å². The van der Waals surface area contributed by atoms with E-state index < -0.39 is 0 Å². The molecule has 6 nitrogen and oxygen atoms in total. The molecule has 134 valence electrons. The van der Waals surface area contributed by atoms with Crippen LogP contribution in [0.25, 0.3) is 16.3 Å². The van der Waals surface area contributed by atoms with Crippen molar-refractivity contribution in [1.29, 1.82) is 0 Å². The van der Waals surface area contributed by atoms with Crippen molar-refractivity contribution in [2.75, 3.05) is 13.1 Å². The van der Waals surface area contributed by atoms with Crippen molar-refractivity contribution < 1.29 is 9.59 Å². The average Bonchev–Trinajstić information content (AvgIpc) is 3.34. The van der Waals surface area contributed by atoms with Gasteiger partial charge in [-0.3, -0.25) is 9.59 Å². The smallest absolute Gasteiger partial charge is 0.270 e. The first-order chi connectivity index (χ1) is 12.7. The van der Waals surface area contributed by atoms with Crippen LogP contribution in [0.5, 0.6) is 0 Å². The van der Waals surface area contributed by atoms with Gasteiger partial charge in [0.1, 0.15) is 11.4 Å². The minimum Gasteiger partial charge on any atom is -0.355 e. The van der Waals surface area contributed by atoms with Crippen molar-refractivity contribution >= 4 is 23.2 Å². The normalized spacial score (nSPS) is 10.5. The number of amides is 2. The lowest BCUT2D eigenvalue weighted by Crippen LogP contribution is -2.37. The van der Waals surface area contributed by atoms with Gasteiger partial charge in [0.05, 0.1) is 17.1 Å². The molecule has 0 saturated carbocycles. The van der Waals surface area contributed by atoms with E-state index in [0.29, 0.717) is 12.2 Å². The van der Waals surface area contributed by atoms with E-state index in [4.69, 9.17) is 0 Å². The van der Waals surface area contributed by atoms with Crippen molar-refractivity contribution in [3.05, 3.63) is 59.6 Å². The summed E-state index contributed by atoms with van der Waals surface area (Å²) in [5.74, 6) is -0.541. The summed E-state index contributed by atoms with van der Waals surface area (Å²) in [5.41, 5.74) is 1.91. The average molecular weight is 368 g/mol. The van der Waals surface area contributed by atoms with Crippen LogP contribution in [0.2, 0.25) is 0 Å². The van der Waals surface area contributed by atoms with Crippen molar-refractivity contribution in [2.24, 2.45) is 0 Å². The van der Waals surface area contributed by atoms with E-state index in [9.17, 15) is 9.59 Å². The molecule has 2 aromatic heterocycles. The van der Waals surface area contributed by atoms with Crippen LogP contribution in [0.3, 0.4) is 0 Å². The SMILES string of the molecule is CCCNC(=O)CNC(=O)c1cc(-c2cccs2)nn1-c1ccccc1. The van der Waals surface area contributed by atoms with Gasteiger partial charge in [0.25, 0.3) is 5.91 Å². The lowest BCUT2D eigenvalue weighted by molar-refractivity contribution is -0.120. The van der Waals surface area contributed by atoms with Gasteiger partial charge in [0, 0.05) is 6.54 Å². The fourth-order valence-corrected chi connectivity index (χ4v) is 3.11. The molecule has 0 radical (unpaired) electrons. The number of thiophene rings is 1. The fraction of sp³-hybridized carbons (Fsp3) is 0.211. The molecule has 0 aliphatic carbocycles. The molecule has 0 saturated heterocycles. The zero-order valence-corrected chi connectivity index (χ0v) is 15.3. The predicted octanol–water partition coefficient (Wildman–Crippen LogP) is 2.86. The van der Waals surface area contributed by atoms with E-state index in [1.54, 1.807) is 22.1 Å². The molecule has 0 fully saturated rings. The third-order valence-electron chi connectivity index (χ3n) is 3.70. The highest BCUT2D eigenvalue weighted by Crippen LogP contribution is 2.25. The number of benzene rings is 1. The van der Waals surface area contributed by atoms with Gasteiger partial charge in [0.2, 0.25) is 5.91 Å². The Morgan fingerprint density at radius 3 is 2.62 bits per heavy atom. The summed E-state index contributed by atoms with van der Waals surface area (Å²) >= 11 is 1.56. The van der Waals surface area contributed by atoms with Crippen LogP contribution >= 0.6 is 11.3 Å². The van der Waals surface area contributed by atoms with E-state index >= 15 is 0 Å². The Labute approximate surface area is 155 Å². The first-order valence-electron chi connectivity index (χ1n) is 8.43. The molecule has 3 rings (SSSR count). The van der Waals surface area contributed by atoms with Gasteiger partial charge in [-0.1, -0.05) is 31.2 Å².